The Kier molecular flexibility index (Phi) is 45.8. The Hall–Kier alpha value is -4.88. The van der Waals surface area contributed by atoms with E-state index in [2.05, 4.69) is 123 Å². The third-order valence-corrected chi connectivity index (χ3v) is 20.9. The summed E-state index contributed by atoms with van der Waals surface area (Å²) in [5.74, 6) is 2.24. The number of aliphatic hydroxyl groups is 1. The summed E-state index contributed by atoms with van der Waals surface area (Å²) in [6.45, 7) is 23.3. The standard InChI is InChI=1S/C27H33FN6O4S.C21H22FN5O3S.C6H13NO2.C5H11BrO2.C5H11Br.C3H7BrO.C3H7Br/c1-21-20-26(30-23-4-2-22(28)3-5-23)31-27(29-21)33-10-12-34(13-11-33)39(35,36)25-8-6-24(7-9-25)38-19-16-32-14-17-37-18-15-32;1-15-14-20(24-17-4-2-16(22)3-5-17)25-21(23-15)26-10-12-27(13-11-26)31(29,30)19-8-6-18(28)7-9-19;8-4-1-7-2-5-9-6-3-7;1-7-4-5-8-3-2-6;1-2-3-4-5-6;1-5-3-2-4;1-2-3-4/h2-9,20H,10-19H2,1H3,(H,29,30,31);2-9,14,28H,10-13H2,1H3,(H,23,24,25);8H,1-6H2;2-5H2,1H3;2-5H2,1H3;2-3H2,1H3;2-3H2,1H3. The number of halogens is 6. The molecule has 0 spiro atoms. The number of sulfonamides is 2. The van der Waals surface area contributed by atoms with Crippen LogP contribution in [0.5, 0.6) is 11.5 Å². The Morgan fingerprint density at radius 1 is 0.500 bits per heavy atom. The first-order valence-corrected chi connectivity index (χ1v) is 41.4. The van der Waals surface area contributed by atoms with E-state index in [1.165, 1.54) is 88.2 Å². The van der Waals surface area contributed by atoms with Crippen molar-refractivity contribution >= 4 is 119 Å². The first-order valence-electron chi connectivity index (χ1n) is 34.1. The molecular weight excluding hydrogens is 1620 g/mol. The Labute approximate surface area is 637 Å². The van der Waals surface area contributed by atoms with Gasteiger partial charge in [-0.15, -0.1) is 0 Å². The fourth-order valence-corrected chi connectivity index (χ4v) is 13.4. The van der Waals surface area contributed by atoms with Crippen LogP contribution in [0.4, 0.5) is 43.7 Å². The molecule has 4 aliphatic rings. The van der Waals surface area contributed by atoms with Crippen molar-refractivity contribution in [2.45, 2.75) is 63.2 Å². The van der Waals surface area contributed by atoms with Crippen LogP contribution < -0.4 is 25.2 Å². The minimum absolute atomic E-state index is 0.0189. The molecule has 6 heterocycles. The summed E-state index contributed by atoms with van der Waals surface area (Å²) in [6, 6.07) is 27.7. The van der Waals surface area contributed by atoms with E-state index in [0.29, 0.717) is 113 Å². The number of anilines is 6. The van der Waals surface area contributed by atoms with Gasteiger partial charge in [0.1, 0.15) is 41.4 Å². The van der Waals surface area contributed by atoms with Gasteiger partial charge in [0.05, 0.1) is 69.3 Å². The molecule has 570 valence electrons. The lowest BCUT2D eigenvalue weighted by Crippen LogP contribution is -2.49. The van der Waals surface area contributed by atoms with Crippen molar-refractivity contribution in [1.82, 2.24) is 38.3 Å². The number of hydrogen-bond acceptors (Lipinski definition) is 22. The quantitative estimate of drug-likeness (QED) is 0.0276. The molecule has 2 aromatic heterocycles. The van der Waals surface area contributed by atoms with Crippen LogP contribution in [-0.4, -0.2) is 259 Å². The first-order chi connectivity index (χ1) is 49.3. The lowest BCUT2D eigenvalue weighted by molar-refractivity contribution is 0.0306. The summed E-state index contributed by atoms with van der Waals surface area (Å²) in [5, 5.41) is 28.4. The number of hydrogen-bond donors (Lipinski definition) is 4. The van der Waals surface area contributed by atoms with Crippen LogP contribution in [0.25, 0.3) is 0 Å². The van der Waals surface area contributed by atoms with E-state index in [1.54, 1.807) is 68.8 Å². The largest absolute Gasteiger partial charge is 0.508 e. The highest BCUT2D eigenvalue weighted by Crippen LogP contribution is 2.26. The van der Waals surface area contributed by atoms with Gasteiger partial charge in [-0.3, -0.25) is 9.80 Å². The van der Waals surface area contributed by atoms with Gasteiger partial charge in [0.2, 0.25) is 31.9 Å². The monoisotopic (exact) mass is 1720 g/mol. The summed E-state index contributed by atoms with van der Waals surface area (Å²) in [6.07, 6.45) is 5.26. The Morgan fingerprint density at radius 2 is 0.922 bits per heavy atom. The van der Waals surface area contributed by atoms with Crippen LogP contribution in [-0.2, 0) is 43.7 Å². The Morgan fingerprint density at radius 3 is 1.28 bits per heavy atom. The molecule has 0 saturated carbocycles. The number of methoxy groups -OCH3 is 2. The molecule has 0 bridgehead atoms. The van der Waals surface area contributed by atoms with Gasteiger partial charge in [-0.1, -0.05) is 90.4 Å². The molecule has 6 aromatic rings. The van der Waals surface area contributed by atoms with Crippen molar-refractivity contribution in [3.63, 3.8) is 0 Å². The number of piperazine rings is 2. The number of unbranched alkanes of at least 4 members (excludes halogenated alkanes) is 2. The third kappa shape index (κ3) is 35.0. The fourth-order valence-electron chi connectivity index (χ4n) is 9.56. The number of phenols is 1. The van der Waals surface area contributed by atoms with Crippen molar-refractivity contribution in [2.24, 2.45) is 0 Å². The van der Waals surface area contributed by atoms with Crippen molar-refractivity contribution < 1.29 is 64.3 Å². The average Bonchev–Trinajstić information content (AvgIpc) is 0.803. The van der Waals surface area contributed by atoms with Gasteiger partial charge in [0, 0.05) is 162 Å². The van der Waals surface area contributed by atoms with Gasteiger partial charge < -0.3 is 59.1 Å². The number of aliphatic hydroxyl groups excluding tert-OH is 1. The zero-order chi connectivity index (χ0) is 74.4. The summed E-state index contributed by atoms with van der Waals surface area (Å²) in [7, 11) is -3.92. The number of ether oxygens (including phenoxy) is 6. The molecule has 4 fully saturated rings. The number of nitrogens with zero attached hydrogens (tertiary/aromatic N) is 10. The first kappa shape index (κ1) is 89.5. The van der Waals surface area contributed by atoms with Crippen LogP contribution in [0.2, 0.25) is 0 Å². The van der Waals surface area contributed by atoms with Gasteiger partial charge in [0.15, 0.2) is 0 Å². The van der Waals surface area contributed by atoms with Crippen molar-refractivity contribution in [3.05, 3.63) is 132 Å². The maximum Gasteiger partial charge on any atom is 0.243 e. The van der Waals surface area contributed by atoms with Gasteiger partial charge in [-0.25, -0.2) is 35.6 Å². The van der Waals surface area contributed by atoms with E-state index in [1.807, 2.05) is 29.7 Å². The second-order valence-corrected chi connectivity index (χ2v) is 30.0. The lowest BCUT2D eigenvalue weighted by Gasteiger charge is -2.34. The molecule has 4 saturated heterocycles. The number of aryl methyl sites for hydroxylation is 2. The van der Waals surface area contributed by atoms with Crippen molar-refractivity contribution in [1.29, 1.82) is 0 Å². The zero-order valence-corrected chi connectivity index (χ0v) is 67.5. The van der Waals surface area contributed by atoms with Crippen LogP contribution in [0.15, 0.2) is 119 Å². The SMILES string of the molecule is CCCBr.CCCCCBr.COCCBr.COCCOCCBr.Cc1cc(Nc2ccc(F)cc2)nc(N2CCN(S(=O)(=O)c3ccc(O)cc3)CC2)n1.Cc1cc(Nc2ccc(F)cc2)nc(N2CCN(S(=O)(=O)c3ccc(OCCN4CCOCC4)cc3)CC2)n1.OCCN1CCOCC1. The van der Waals surface area contributed by atoms with Gasteiger partial charge in [-0.2, -0.15) is 18.6 Å². The second kappa shape index (κ2) is 52.2. The topological polar surface area (TPSA) is 259 Å². The number of aromatic hydroxyl groups is 1. The van der Waals surface area contributed by atoms with Crippen LogP contribution in [0.1, 0.15) is 50.9 Å². The number of nitrogens with one attached hydrogen (secondary N) is 2. The second-order valence-electron chi connectivity index (χ2n) is 22.9. The van der Waals surface area contributed by atoms with Crippen LogP contribution in [0.3, 0.4) is 0 Å². The Balaban J connectivity index is 0.000000306. The smallest absolute Gasteiger partial charge is 0.243 e. The summed E-state index contributed by atoms with van der Waals surface area (Å²) >= 11 is 13.0. The molecular formula is C70H104Br4F2N12O12S2. The van der Waals surface area contributed by atoms with E-state index in [0.717, 1.165) is 106 Å². The number of phenolic OH excluding ortho intramolecular Hbond substituents is 1. The maximum atomic E-state index is 13.3. The van der Waals surface area contributed by atoms with Gasteiger partial charge in [0.25, 0.3) is 0 Å². The number of benzene rings is 4. The molecule has 32 heteroatoms. The van der Waals surface area contributed by atoms with Gasteiger partial charge in [-0.05, 0) is 124 Å². The predicted octanol–water partition coefficient (Wildman–Crippen LogP) is 11.5. The molecule has 4 aromatic carbocycles. The minimum Gasteiger partial charge on any atom is -0.508 e. The third-order valence-electron chi connectivity index (χ3n) is 15.1. The number of alkyl halides is 4. The molecule has 4 aliphatic heterocycles. The molecule has 24 nitrogen and oxygen atoms in total. The summed E-state index contributed by atoms with van der Waals surface area (Å²) < 4.78 is 112. The zero-order valence-electron chi connectivity index (χ0n) is 59.6. The highest BCUT2D eigenvalue weighted by atomic mass is 79.9. The number of rotatable bonds is 27. The van der Waals surface area contributed by atoms with Crippen molar-refractivity contribution in [2.75, 3.05) is 214 Å². The highest BCUT2D eigenvalue weighted by Gasteiger charge is 2.31. The molecule has 4 N–H and O–H groups in total. The molecule has 0 unspecified atom stereocenters. The number of morpholine rings is 2. The van der Waals surface area contributed by atoms with E-state index in [4.69, 9.17) is 28.8 Å². The van der Waals surface area contributed by atoms with E-state index >= 15 is 0 Å². The van der Waals surface area contributed by atoms with E-state index in [9.17, 15) is 30.7 Å². The molecule has 0 atom stereocenters. The molecule has 10 rings (SSSR count). The molecule has 0 amide bonds. The normalized spacial score (nSPS) is 15.1. The van der Waals surface area contributed by atoms with Gasteiger partial charge >= 0.3 is 0 Å². The maximum absolute atomic E-state index is 13.3. The predicted molar refractivity (Wildman–Crippen MR) is 416 cm³/mol. The molecule has 0 aliphatic carbocycles. The fraction of sp³-hybridized carbons (Fsp3) is 0.543. The highest BCUT2D eigenvalue weighted by molar-refractivity contribution is 9.09. The summed E-state index contributed by atoms with van der Waals surface area (Å²) in [4.78, 5) is 27.0. The lowest BCUT2D eigenvalue weighted by atomic mass is 10.3. The molecule has 102 heavy (non-hydrogen) atoms. The molecule has 0 radical (unpaired) electrons. The average molecular weight is 1730 g/mol. The van der Waals surface area contributed by atoms with E-state index < -0.39 is 20.0 Å². The van der Waals surface area contributed by atoms with Crippen molar-refractivity contribution in [3.8, 4) is 11.5 Å². The van der Waals surface area contributed by atoms with Crippen LogP contribution in [0, 0.1) is 25.5 Å². The van der Waals surface area contributed by atoms with E-state index in [-0.39, 0.29) is 33.8 Å². The number of aromatic nitrogens is 4. The Bertz CT molecular complexity index is 3390. The summed E-state index contributed by atoms with van der Waals surface area (Å²) in [5.41, 5.74) is 2.95. The minimum atomic E-state index is -3.64. The van der Waals surface area contributed by atoms with Crippen LogP contribution >= 0.6 is 63.7 Å². The number of β-amino-alcohol motifs (C(OH)–C–C–N with tert-alkyl or cyclic N) is 1.